The van der Waals surface area contributed by atoms with E-state index in [0.717, 1.165) is 26.9 Å². The maximum Gasteiger partial charge on any atom is 0.196 e. The Kier molecular flexibility index (Phi) is 4.64. The molecular weight excluding hydrogens is 358 g/mol. The van der Waals surface area contributed by atoms with E-state index >= 15 is 0 Å². The van der Waals surface area contributed by atoms with Gasteiger partial charge in [0.05, 0.1) is 5.69 Å². The van der Waals surface area contributed by atoms with Crippen LogP contribution in [0.2, 0.25) is 0 Å². The van der Waals surface area contributed by atoms with E-state index in [1.165, 1.54) is 11.1 Å². The average Bonchev–Trinajstić information content (AvgIpc) is 2.87. The van der Waals surface area contributed by atoms with Crippen LogP contribution in [0, 0.1) is 13.8 Å². The van der Waals surface area contributed by atoms with Crippen LogP contribution in [0.4, 0.5) is 0 Å². The van der Waals surface area contributed by atoms with Crippen molar-refractivity contribution in [3.63, 3.8) is 0 Å². The summed E-state index contributed by atoms with van der Waals surface area (Å²) >= 11 is 5.21. The number of hydrogen-bond acceptors (Lipinski definition) is 3. The Hall–Kier alpha value is -1.59. The van der Waals surface area contributed by atoms with Crippen LogP contribution in [0.15, 0.2) is 58.2 Å². The molecule has 0 radical (unpaired) electrons. The van der Waals surface area contributed by atoms with Crippen molar-refractivity contribution < 1.29 is 0 Å². The molecule has 112 valence electrons. The van der Waals surface area contributed by atoms with E-state index in [9.17, 15) is 0 Å². The van der Waals surface area contributed by atoms with Gasteiger partial charge in [0.25, 0.3) is 0 Å². The highest BCUT2D eigenvalue weighted by Gasteiger charge is 2.13. The molecule has 0 spiro atoms. The van der Waals surface area contributed by atoms with Crippen LogP contribution in [0.5, 0.6) is 0 Å². The molecule has 3 aromatic rings. The van der Waals surface area contributed by atoms with Crippen molar-refractivity contribution in [2.24, 2.45) is 0 Å². The fourth-order valence-corrected chi connectivity index (χ4v) is 3.68. The molecule has 0 aliphatic rings. The number of nitrogens with zero attached hydrogens (tertiary/aromatic N) is 3. The van der Waals surface area contributed by atoms with Crippen molar-refractivity contribution >= 4 is 27.7 Å². The number of hydrogen-bond donors (Lipinski definition) is 0. The summed E-state index contributed by atoms with van der Waals surface area (Å²) in [6.45, 7) is 4.10. The number of halogens is 1. The molecule has 0 amide bonds. The zero-order chi connectivity index (χ0) is 15.5. The van der Waals surface area contributed by atoms with Crippen molar-refractivity contribution in [2.75, 3.05) is 0 Å². The van der Waals surface area contributed by atoms with Gasteiger partial charge < -0.3 is 0 Å². The highest BCUT2D eigenvalue weighted by Crippen LogP contribution is 2.27. The summed E-state index contributed by atoms with van der Waals surface area (Å²) in [5.41, 5.74) is 3.62. The highest BCUT2D eigenvalue weighted by atomic mass is 79.9. The van der Waals surface area contributed by atoms with Gasteiger partial charge in [0.2, 0.25) is 0 Å². The minimum Gasteiger partial charge on any atom is -0.274 e. The maximum atomic E-state index is 4.33. The Morgan fingerprint density at radius 2 is 1.86 bits per heavy atom. The van der Waals surface area contributed by atoms with E-state index in [1.54, 1.807) is 11.8 Å². The van der Waals surface area contributed by atoms with Gasteiger partial charge in [-0.3, -0.25) is 4.57 Å². The van der Waals surface area contributed by atoms with Gasteiger partial charge in [0.1, 0.15) is 5.82 Å². The monoisotopic (exact) mass is 373 g/mol. The Balaban J connectivity index is 1.88. The Bertz CT molecular complexity index is 798. The maximum absolute atomic E-state index is 4.33. The molecule has 1 heterocycles. The topological polar surface area (TPSA) is 30.7 Å². The Morgan fingerprint density at radius 1 is 1.05 bits per heavy atom. The van der Waals surface area contributed by atoms with E-state index in [1.807, 2.05) is 25.1 Å². The molecule has 0 unspecified atom stereocenters. The quantitative estimate of drug-likeness (QED) is 0.606. The zero-order valence-electron chi connectivity index (χ0n) is 12.5. The van der Waals surface area contributed by atoms with Gasteiger partial charge >= 0.3 is 0 Å². The van der Waals surface area contributed by atoms with Gasteiger partial charge in [-0.25, -0.2) is 0 Å². The van der Waals surface area contributed by atoms with Crippen LogP contribution in [0.25, 0.3) is 5.69 Å². The molecule has 3 nitrogen and oxygen atoms in total. The zero-order valence-corrected chi connectivity index (χ0v) is 14.9. The average molecular weight is 374 g/mol. The lowest BCUT2D eigenvalue weighted by Crippen LogP contribution is -2.01. The van der Waals surface area contributed by atoms with Crippen LogP contribution >= 0.6 is 27.7 Å². The van der Waals surface area contributed by atoms with Crippen molar-refractivity contribution in [2.45, 2.75) is 24.8 Å². The number of aryl methyl sites for hydroxylation is 2. The van der Waals surface area contributed by atoms with Crippen LogP contribution in [0.3, 0.4) is 0 Å². The van der Waals surface area contributed by atoms with Crippen LogP contribution in [0.1, 0.15) is 17.0 Å². The lowest BCUT2D eigenvalue weighted by molar-refractivity contribution is 0.861. The summed E-state index contributed by atoms with van der Waals surface area (Å²) in [5, 5.41) is 9.50. The molecule has 0 fully saturated rings. The van der Waals surface area contributed by atoms with Gasteiger partial charge in [-0.15, -0.1) is 10.2 Å². The van der Waals surface area contributed by atoms with E-state index in [0.29, 0.717) is 0 Å². The first-order chi connectivity index (χ1) is 10.6. The lowest BCUT2D eigenvalue weighted by Gasteiger charge is -2.11. The van der Waals surface area contributed by atoms with Gasteiger partial charge in [-0.05, 0) is 43.2 Å². The predicted octanol–water partition coefficient (Wildman–Crippen LogP) is 4.94. The van der Waals surface area contributed by atoms with Crippen molar-refractivity contribution in [1.82, 2.24) is 14.8 Å². The molecule has 0 saturated carbocycles. The molecule has 0 aliphatic heterocycles. The van der Waals surface area contributed by atoms with Crippen LogP contribution in [-0.2, 0) is 5.75 Å². The Labute approximate surface area is 142 Å². The molecule has 22 heavy (non-hydrogen) atoms. The molecule has 2 aromatic carbocycles. The molecule has 0 atom stereocenters. The van der Waals surface area contributed by atoms with Crippen molar-refractivity contribution in [1.29, 1.82) is 0 Å². The predicted molar refractivity (Wildman–Crippen MR) is 94.5 cm³/mol. The first kappa shape index (κ1) is 15.3. The van der Waals surface area contributed by atoms with Crippen molar-refractivity contribution in [3.8, 4) is 5.69 Å². The van der Waals surface area contributed by atoms with Gasteiger partial charge in [-0.1, -0.05) is 58.0 Å². The molecule has 5 heteroatoms. The van der Waals surface area contributed by atoms with E-state index in [2.05, 4.69) is 67.9 Å². The van der Waals surface area contributed by atoms with Crippen molar-refractivity contribution in [3.05, 3.63) is 70.0 Å². The van der Waals surface area contributed by atoms with E-state index < -0.39 is 0 Å². The molecule has 0 aliphatic carbocycles. The minimum absolute atomic E-state index is 0.865. The number of para-hydroxylation sites is 1. The molecule has 0 saturated heterocycles. The molecule has 3 rings (SSSR count). The number of aromatic nitrogens is 3. The number of benzene rings is 2. The number of thioether (sulfide) groups is 1. The summed E-state index contributed by atoms with van der Waals surface area (Å²) in [4.78, 5) is 0. The fraction of sp³-hybridized carbons (Fsp3) is 0.176. The van der Waals surface area contributed by atoms with Gasteiger partial charge in [0.15, 0.2) is 5.16 Å². The normalized spacial score (nSPS) is 10.9. The van der Waals surface area contributed by atoms with Crippen LogP contribution < -0.4 is 0 Å². The summed E-state index contributed by atoms with van der Waals surface area (Å²) in [6, 6.07) is 16.7. The summed E-state index contributed by atoms with van der Waals surface area (Å²) in [7, 11) is 0. The highest BCUT2D eigenvalue weighted by molar-refractivity contribution is 9.10. The second-order valence-electron chi connectivity index (χ2n) is 5.07. The van der Waals surface area contributed by atoms with Gasteiger partial charge in [0, 0.05) is 10.2 Å². The smallest absolute Gasteiger partial charge is 0.196 e. The first-order valence-corrected chi connectivity index (χ1v) is 8.78. The van der Waals surface area contributed by atoms with E-state index in [-0.39, 0.29) is 0 Å². The van der Waals surface area contributed by atoms with E-state index in [4.69, 9.17) is 0 Å². The first-order valence-electron chi connectivity index (χ1n) is 7.00. The molecule has 0 bridgehead atoms. The minimum atomic E-state index is 0.865. The lowest BCUT2D eigenvalue weighted by atomic mass is 10.2. The summed E-state index contributed by atoms with van der Waals surface area (Å²) in [6.07, 6.45) is 0. The fourth-order valence-electron chi connectivity index (χ4n) is 2.30. The largest absolute Gasteiger partial charge is 0.274 e. The third-order valence-corrected chi connectivity index (χ3v) is 4.90. The number of rotatable bonds is 4. The second kappa shape index (κ2) is 6.67. The SMILES string of the molecule is Cc1ccccc1-n1c(C)nnc1SCc1cccc(Br)c1. The van der Waals surface area contributed by atoms with Crippen LogP contribution in [-0.4, -0.2) is 14.8 Å². The Morgan fingerprint density at radius 3 is 2.64 bits per heavy atom. The summed E-state index contributed by atoms with van der Waals surface area (Å²) < 4.78 is 3.22. The third-order valence-electron chi connectivity index (χ3n) is 3.41. The standard InChI is InChI=1S/C17H16BrN3S/c1-12-6-3-4-9-16(12)21-13(2)19-20-17(21)22-11-14-7-5-8-15(18)10-14/h3-10H,11H2,1-2H3. The van der Waals surface area contributed by atoms with Gasteiger partial charge in [-0.2, -0.15) is 0 Å². The summed E-state index contributed by atoms with van der Waals surface area (Å²) in [5.74, 6) is 1.77. The second-order valence-corrected chi connectivity index (χ2v) is 6.93. The molecule has 0 N–H and O–H groups in total. The third kappa shape index (κ3) is 3.25. The molecule has 1 aromatic heterocycles. The molecular formula is C17H16BrN3S.